The van der Waals surface area contributed by atoms with Crippen molar-refractivity contribution in [1.29, 1.82) is 0 Å². The summed E-state index contributed by atoms with van der Waals surface area (Å²) in [4.78, 5) is 14.5. The number of aryl methyl sites for hydroxylation is 1. The molecule has 1 N–H and O–H groups in total. The van der Waals surface area contributed by atoms with Crippen LogP contribution in [-0.4, -0.2) is 28.1 Å². The first-order valence-corrected chi connectivity index (χ1v) is 8.20. The largest absolute Gasteiger partial charge is 0.481 e. The molecule has 0 aliphatic heterocycles. The molecule has 3 rings (SSSR count). The molecule has 0 unspecified atom stereocenters. The van der Waals surface area contributed by atoms with Crippen LogP contribution < -0.4 is 10.1 Å². The lowest BCUT2D eigenvalue weighted by atomic mass is 10.2. The van der Waals surface area contributed by atoms with Crippen molar-refractivity contribution in [3.05, 3.63) is 23.0 Å². The first-order valence-electron chi connectivity index (χ1n) is 7.38. The Morgan fingerprint density at radius 3 is 2.95 bits per heavy atom. The second kappa shape index (κ2) is 6.49. The second-order valence-electron chi connectivity index (χ2n) is 5.24. The minimum Gasteiger partial charge on any atom is -0.481 e. The Morgan fingerprint density at radius 2 is 2.24 bits per heavy atom. The Kier molecular flexibility index (Phi) is 4.45. The highest BCUT2D eigenvalue weighted by atomic mass is 32.1. The lowest BCUT2D eigenvalue weighted by Crippen LogP contribution is -2.15. The number of methoxy groups -OCH3 is 1. The van der Waals surface area contributed by atoms with Gasteiger partial charge in [0, 0.05) is 23.5 Å². The summed E-state index contributed by atoms with van der Waals surface area (Å²) >= 11 is 1.72. The number of hydrogen-bond acceptors (Lipinski definition) is 6. The van der Waals surface area contributed by atoms with Gasteiger partial charge in [-0.1, -0.05) is 13.3 Å². The maximum absolute atomic E-state index is 5.16. The molecule has 0 saturated heterocycles. The summed E-state index contributed by atoms with van der Waals surface area (Å²) in [6.07, 6.45) is 6.25. The maximum Gasteiger partial charge on any atom is 0.216 e. The molecule has 21 heavy (non-hydrogen) atoms. The quantitative estimate of drug-likeness (QED) is 0.852. The monoisotopic (exact) mass is 304 g/mol. The van der Waals surface area contributed by atoms with Gasteiger partial charge < -0.3 is 10.1 Å². The van der Waals surface area contributed by atoms with E-state index in [4.69, 9.17) is 9.72 Å². The molecule has 1 fully saturated rings. The third-order valence-electron chi connectivity index (χ3n) is 3.46. The van der Waals surface area contributed by atoms with Crippen LogP contribution >= 0.6 is 11.3 Å². The van der Waals surface area contributed by atoms with Gasteiger partial charge in [0.25, 0.3) is 0 Å². The number of aromatic nitrogens is 3. The van der Waals surface area contributed by atoms with E-state index in [0.29, 0.717) is 11.9 Å². The van der Waals surface area contributed by atoms with Crippen LogP contribution in [0.3, 0.4) is 0 Å². The highest BCUT2D eigenvalue weighted by molar-refractivity contribution is 7.15. The smallest absolute Gasteiger partial charge is 0.216 e. The van der Waals surface area contributed by atoms with Gasteiger partial charge in [-0.15, -0.1) is 11.3 Å². The average molecular weight is 304 g/mol. The van der Waals surface area contributed by atoms with E-state index in [1.165, 1.54) is 29.7 Å². The van der Waals surface area contributed by atoms with Crippen molar-refractivity contribution in [2.75, 3.05) is 7.11 Å². The second-order valence-corrected chi connectivity index (χ2v) is 6.32. The first kappa shape index (κ1) is 14.4. The lowest BCUT2D eigenvalue weighted by Gasteiger charge is -2.01. The zero-order valence-electron chi connectivity index (χ0n) is 12.4. The molecule has 2 heterocycles. The first-order chi connectivity index (χ1) is 10.3. The molecule has 6 heteroatoms. The molecule has 0 amide bonds. The van der Waals surface area contributed by atoms with Gasteiger partial charge >= 0.3 is 0 Å². The van der Waals surface area contributed by atoms with Crippen LogP contribution in [0.2, 0.25) is 0 Å². The van der Waals surface area contributed by atoms with Gasteiger partial charge in [0.2, 0.25) is 5.88 Å². The average Bonchev–Trinajstić information content (AvgIpc) is 3.26. The molecule has 1 aliphatic carbocycles. The van der Waals surface area contributed by atoms with Crippen LogP contribution in [0.5, 0.6) is 5.88 Å². The third-order valence-corrected chi connectivity index (χ3v) is 4.58. The van der Waals surface area contributed by atoms with E-state index < -0.39 is 0 Å². The van der Waals surface area contributed by atoms with E-state index >= 15 is 0 Å². The van der Waals surface area contributed by atoms with Gasteiger partial charge in [-0.25, -0.2) is 15.0 Å². The van der Waals surface area contributed by atoms with E-state index in [1.54, 1.807) is 18.4 Å². The van der Waals surface area contributed by atoms with Crippen molar-refractivity contribution in [2.45, 2.75) is 45.2 Å². The van der Waals surface area contributed by atoms with Crippen molar-refractivity contribution in [3.63, 3.8) is 0 Å². The zero-order valence-corrected chi connectivity index (χ0v) is 13.2. The summed E-state index contributed by atoms with van der Waals surface area (Å²) in [7, 11) is 1.61. The lowest BCUT2D eigenvalue weighted by molar-refractivity contribution is 0.397. The minimum absolute atomic E-state index is 0.574. The fourth-order valence-electron chi connectivity index (χ4n) is 2.16. The Balaban J connectivity index is 1.84. The summed E-state index contributed by atoms with van der Waals surface area (Å²) in [5.74, 6) is 0.574. The summed E-state index contributed by atoms with van der Waals surface area (Å²) in [5.41, 5.74) is 2.03. The summed E-state index contributed by atoms with van der Waals surface area (Å²) in [5, 5.41) is 4.52. The number of ether oxygens (including phenoxy) is 1. The summed E-state index contributed by atoms with van der Waals surface area (Å²) in [6.45, 7) is 3.10. The Bertz CT molecular complexity index is 609. The van der Waals surface area contributed by atoms with Crippen LogP contribution in [0.1, 0.15) is 36.8 Å². The third kappa shape index (κ3) is 3.57. The number of hydrogen-bond donors (Lipinski definition) is 1. The summed E-state index contributed by atoms with van der Waals surface area (Å²) in [6, 6.07) is 2.55. The fourth-order valence-corrected chi connectivity index (χ4v) is 3.18. The van der Waals surface area contributed by atoms with Gasteiger partial charge in [-0.05, 0) is 19.3 Å². The number of nitrogens with zero attached hydrogens (tertiary/aromatic N) is 3. The minimum atomic E-state index is 0.574. The molecular formula is C15H20N4OS. The van der Waals surface area contributed by atoms with E-state index in [-0.39, 0.29) is 0 Å². The number of thiazole rings is 1. The van der Waals surface area contributed by atoms with Crippen LogP contribution in [0.25, 0.3) is 10.7 Å². The van der Waals surface area contributed by atoms with Gasteiger partial charge in [-0.2, -0.15) is 0 Å². The van der Waals surface area contributed by atoms with Gasteiger partial charge in [0.1, 0.15) is 17.0 Å². The highest BCUT2D eigenvalue weighted by Gasteiger charge is 2.21. The normalized spacial score (nSPS) is 14.4. The van der Waals surface area contributed by atoms with E-state index in [2.05, 4.69) is 22.2 Å². The van der Waals surface area contributed by atoms with Crippen molar-refractivity contribution in [2.24, 2.45) is 0 Å². The summed E-state index contributed by atoms with van der Waals surface area (Å²) < 4.78 is 5.16. The van der Waals surface area contributed by atoms with E-state index in [0.717, 1.165) is 30.1 Å². The molecule has 2 aromatic rings. The van der Waals surface area contributed by atoms with Crippen LogP contribution in [0, 0.1) is 0 Å². The molecule has 0 spiro atoms. The van der Waals surface area contributed by atoms with Crippen molar-refractivity contribution < 1.29 is 4.74 Å². The predicted molar refractivity (Wildman–Crippen MR) is 83.5 cm³/mol. The number of nitrogens with one attached hydrogen (secondary N) is 1. The Morgan fingerprint density at radius 1 is 1.38 bits per heavy atom. The molecule has 1 aliphatic rings. The van der Waals surface area contributed by atoms with Crippen molar-refractivity contribution >= 4 is 11.3 Å². The van der Waals surface area contributed by atoms with Crippen molar-refractivity contribution in [1.82, 2.24) is 20.3 Å². The van der Waals surface area contributed by atoms with Crippen LogP contribution in [0.15, 0.2) is 12.4 Å². The molecule has 5 nitrogen and oxygen atoms in total. The molecule has 0 aromatic carbocycles. The molecule has 0 atom stereocenters. The SMILES string of the molecule is CCCc1nc(-c2cc(OC)ncn2)sc1CNC1CC1. The Labute approximate surface area is 128 Å². The van der Waals surface area contributed by atoms with Crippen molar-refractivity contribution in [3.8, 4) is 16.6 Å². The van der Waals surface area contributed by atoms with Gasteiger partial charge in [0.15, 0.2) is 0 Å². The predicted octanol–water partition coefficient (Wildman–Crippen LogP) is 2.81. The zero-order chi connectivity index (χ0) is 14.7. The fraction of sp³-hybridized carbons (Fsp3) is 0.533. The molecule has 1 saturated carbocycles. The maximum atomic E-state index is 5.16. The standard InChI is InChI=1S/C15H20N4OS/c1-3-4-11-13(8-16-10-5-6-10)21-15(19-11)12-7-14(20-2)18-9-17-12/h7,9-10,16H,3-6,8H2,1-2H3. The van der Waals surface area contributed by atoms with Crippen LogP contribution in [-0.2, 0) is 13.0 Å². The van der Waals surface area contributed by atoms with Gasteiger partial charge in [0.05, 0.1) is 12.8 Å². The molecule has 0 bridgehead atoms. The van der Waals surface area contributed by atoms with E-state index in [9.17, 15) is 0 Å². The van der Waals surface area contributed by atoms with Crippen LogP contribution in [0.4, 0.5) is 0 Å². The molecule has 112 valence electrons. The Hall–Kier alpha value is -1.53. The van der Waals surface area contributed by atoms with Gasteiger partial charge in [-0.3, -0.25) is 0 Å². The molecular weight excluding hydrogens is 284 g/mol. The number of rotatable bonds is 7. The molecule has 0 radical (unpaired) electrons. The van der Waals surface area contributed by atoms with E-state index in [1.807, 2.05) is 6.07 Å². The molecule has 2 aromatic heterocycles. The highest BCUT2D eigenvalue weighted by Crippen LogP contribution is 2.29. The topological polar surface area (TPSA) is 59.9 Å².